The van der Waals surface area contributed by atoms with Crippen molar-refractivity contribution in [3.63, 3.8) is 0 Å². The van der Waals surface area contributed by atoms with Crippen LogP contribution in [0.25, 0.3) is 0 Å². The maximum Gasteiger partial charge on any atom is 0.258 e. The molecule has 2 aromatic rings. The fraction of sp³-hybridized carbons (Fsp3) is 0.520. The lowest BCUT2D eigenvalue weighted by Gasteiger charge is -2.24. The van der Waals surface area contributed by atoms with Crippen LogP contribution in [0.15, 0.2) is 28.9 Å². The first-order valence-electron chi connectivity index (χ1n) is 12.1. The highest BCUT2D eigenvalue weighted by Gasteiger charge is 2.20. The Bertz CT molecular complexity index is 1060. The molecule has 2 bridgehead atoms. The van der Waals surface area contributed by atoms with Gasteiger partial charge in [0.2, 0.25) is 5.91 Å². The molecule has 1 atom stereocenters. The fourth-order valence-electron chi connectivity index (χ4n) is 4.00. The molecule has 1 aromatic carbocycles. The van der Waals surface area contributed by atoms with Crippen molar-refractivity contribution < 1.29 is 28.6 Å². The topological polar surface area (TPSA) is 137 Å². The first kappa shape index (κ1) is 27.0. The minimum atomic E-state index is -0.714. The lowest BCUT2D eigenvalue weighted by atomic mass is 10.2. The van der Waals surface area contributed by atoms with Gasteiger partial charge in [-0.1, -0.05) is 0 Å². The molecule has 1 aromatic heterocycles. The van der Waals surface area contributed by atoms with Crippen molar-refractivity contribution in [2.75, 3.05) is 39.8 Å². The van der Waals surface area contributed by atoms with E-state index in [2.05, 4.69) is 20.5 Å². The van der Waals surface area contributed by atoms with Gasteiger partial charge in [0, 0.05) is 51.8 Å². The van der Waals surface area contributed by atoms with Crippen LogP contribution in [-0.2, 0) is 16.1 Å². The van der Waals surface area contributed by atoms with E-state index in [1.165, 1.54) is 18.2 Å². The lowest BCUT2D eigenvalue weighted by molar-refractivity contribution is -0.135. The van der Waals surface area contributed by atoms with Gasteiger partial charge >= 0.3 is 0 Å². The van der Waals surface area contributed by atoms with Gasteiger partial charge in [0.05, 0.1) is 5.69 Å². The van der Waals surface area contributed by atoms with Crippen molar-refractivity contribution in [3.05, 3.63) is 41.6 Å². The number of phenols is 1. The van der Waals surface area contributed by atoms with Crippen molar-refractivity contribution in [2.24, 2.45) is 0 Å². The van der Waals surface area contributed by atoms with Crippen molar-refractivity contribution in [1.82, 2.24) is 25.4 Å². The molecule has 11 heteroatoms. The number of aromatic hydroxyl groups is 1. The zero-order chi connectivity index (χ0) is 26.1. The number of nitrogens with one attached hydrogen (secondary N) is 2. The van der Waals surface area contributed by atoms with Crippen molar-refractivity contribution in [1.29, 1.82) is 0 Å². The summed E-state index contributed by atoms with van der Waals surface area (Å²) >= 11 is 0. The van der Waals surface area contributed by atoms with E-state index < -0.39 is 11.9 Å². The molecule has 2 heterocycles. The Morgan fingerprint density at radius 3 is 2.61 bits per heavy atom. The Hall–Kier alpha value is -3.60. The van der Waals surface area contributed by atoms with Crippen LogP contribution < -0.4 is 15.4 Å². The van der Waals surface area contributed by atoms with Crippen LogP contribution in [0.1, 0.15) is 48.1 Å². The minimum absolute atomic E-state index is 0.153. The number of hydrogen-bond donors (Lipinski definition) is 3. The maximum atomic E-state index is 12.7. The van der Waals surface area contributed by atoms with Crippen LogP contribution >= 0.6 is 0 Å². The average Bonchev–Trinajstić information content (AvgIpc) is 3.25. The summed E-state index contributed by atoms with van der Waals surface area (Å²) in [5.74, 6) is -0.387. The molecule has 0 saturated heterocycles. The van der Waals surface area contributed by atoms with Gasteiger partial charge in [-0.25, -0.2) is 4.98 Å². The molecule has 3 amide bonds. The van der Waals surface area contributed by atoms with Crippen molar-refractivity contribution in [2.45, 2.75) is 45.7 Å². The van der Waals surface area contributed by atoms with Crippen molar-refractivity contribution >= 4 is 17.7 Å². The standard InChI is InChI=1S/C25H35N5O6/c1-17-25(34)29(3)8-4-5-9-30(14-20-15-35-18(2)28-20)10-6-7-26-24(33)19-11-21(31)13-22(12-19)36-16-23(32)27-17/h11-13,15,17,31H,4-10,14,16H2,1-3H3,(H,26,33)(H,27,32)/t17-/m0/s1. The third-order valence-electron chi connectivity index (χ3n) is 5.85. The molecule has 3 rings (SSSR count). The second kappa shape index (κ2) is 12.9. The number of oxazole rings is 1. The number of benzene rings is 1. The summed E-state index contributed by atoms with van der Waals surface area (Å²) in [6.45, 7) is 6.23. The molecule has 0 saturated carbocycles. The van der Waals surface area contributed by atoms with E-state index in [9.17, 15) is 19.5 Å². The summed E-state index contributed by atoms with van der Waals surface area (Å²) in [4.78, 5) is 45.8. The van der Waals surface area contributed by atoms with Gasteiger partial charge in [0.15, 0.2) is 12.5 Å². The van der Waals surface area contributed by atoms with E-state index in [1.807, 2.05) is 0 Å². The monoisotopic (exact) mass is 501 g/mol. The predicted octanol–water partition coefficient (Wildman–Crippen LogP) is 1.45. The van der Waals surface area contributed by atoms with Gasteiger partial charge < -0.3 is 29.8 Å². The normalized spacial score (nSPS) is 19.8. The van der Waals surface area contributed by atoms with E-state index >= 15 is 0 Å². The summed E-state index contributed by atoms with van der Waals surface area (Å²) < 4.78 is 10.8. The molecular weight excluding hydrogens is 466 g/mol. The zero-order valence-corrected chi connectivity index (χ0v) is 21.1. The summed E-state index contributed by atoms with van der Waals surface area (Å²) in [7, 11) is 1.72. The number of likely N-dealkylation sites (N-methyl/N-ethyl adjacent to an activating group) is 1. The number of carbonyl (C=O) groups is 3. The van der Waals surface area contributed by atoms with E-state index in [-0.39, 0.29) is 35.5 Å². The number of rotatable bonds is 2. The predicted molar refractivity (Wildman–Crippen MR) is 132 cm³/mol. The number of fused-ring (bicyclic) bond motifs is 2. The zero-order valence-electron chi connectivity index (χ0n) is 21.1. The molecule has 11 nitrogen and oxygen atoms in total. The number of nitrogens with zero attached hydrogens (tertiary/aromatic N) is 3. The Balaban J connectivity index is 1.71. The largest absolute Gasteiger partial charge is 0.508 e. The van der Waals surface area contributed by atoms with Gasteiger partial charge in [0.25, 0.3) is 11.8 Å². The molecule has 1 aliphatic rings. The van der Waals surface area contributed by atoms with Gasteiger partial charge in [-0.05, 0) is 44.9 Å². The Morgan fingerprint density at radius 2 is 1.86 bits per heavy atom. The number of carbonyl (C=O) groups excluding carboxylic acids is 3. The summed E-state index contributed by atoms with van der Waals surface area (Å²) in [6.07, 6.45) is 4.02. The molecule has 3 N–H and O–H groups in total. The smallest absolute Gasteiger partial charge is 0.258 e. The Morgan fingerprint density at radius 1 is 1.11 bits per heavy atom. The van der Waals surface area contributed by atoms with Gasteiger partial charge in [-0.2, -0.15) is 0 Å². The van der Waals surface area contributed by atoms with Crippen LogP contribution in [0, 0.1) is 6.92 Å². The first-order chi connectivity index (χ1) is 17.2. The second-order valence-corrected chi connectivity index (χ2v) is 9.00. The number of aryl methyl sites for hydroxylation is 1. The minimum Gasteiger partial charge on any atom is -0.508 e. The highest BCUT2D eigenvalue weighted by Crippen LogP contribution is 2.22. The number of ether oxygens (including phenoxy) is 1. The molecule has 196 valence electrons. The maximum absolute atomic E-state index is 12.7. The number of aromatic nitrogens is 1. The van der Waals surface area contributed by atoms with E-state index in [0.29, 0.717) is 31.9 Å². The molecule has 0 spiro atoms. The molecule has 0 unspecified atom stereocenters. The van der Waals surface area contributed by atoms with Crippen LogP contribution in [0.2, 0.25) is 0 Å². The summed E-state index contributed by atoms with van der Waals surface area (Å²) in [5, 5.41) is 15.5. The molecule has 0 fully saturated rings. The van der Waals surface area contributed by atoms with E-state index in [4.69, 9.17) is 9.15 Å². The van der Waals surface area contributed by atoms with Gasteiger partial charge in [-0.15, -0.1) is 0 Å². The van der Waals surface area contributed by atoms with Crippen LogP contribution in [0.4, 0.5) is 0 Å². The Kier molecular flexibility index (Phi) is 9.69. The first-order valence-corrected chi connectivity index (χ1v) is 12.1. The highest BCUT2D eigenvalue weighted by atomic mass is 16.5. The molecule has 0 radical (unpaired) electrons. The number of hydrogen-bond acceptors (Lipinski definition) is 8. The third-order valence-corrected chi connectivity index (χ3v) is 5.85. The molecule has 1 aliphatic heterocycles. The quantitative estimate of drug-likeness (QED) is 0.562. The number of amides is 3. The van der Waals surface area contributed by atoms with Gasteiger partial charge in [0.1, 0.15) is 23.8 Å². The van der Waals surface area contributed by atoms with E-state index in [1.54, 1.807) is 32.1 Å². The van der Waals surface area contributed by atoms with Crippen LogP contribution in [0.5, 0.6) is 11.5 Å². The van der Waals surface area contributed by atoms with Crippen molar-refractivity contribution in [3.8, 4) is 11.5 Å². The van der Waals surface area contributed by atoms with Gasteiger partial charge in [-0.3, -0.25) is 19.3 Å². The van der Waals surface area contributed by atoms with E-state index in [0.717, 1.165) is 31.6 Å². The lowest BCUT2D eigenvalue weighted by Crippen LogP contribution is -2.47. The van der Waals surface area contributed by atoms with Crippen LogP contribution in [0.3, 0.4) is 0 Å². The average molecular weight is 502 g/mol. The SMILES string of the molecule is Cc1nc(CN2CCCCN(C)C(=O)[C@H](C)NC(=O)COc3cc(O)cc(c3)C(=O)NCCC2)co1. The Labute approximate surface area is 210 Å². The number of phenolic OH excluding ortho intramolecular Hbond substituents is 1. The van der Waals surface area contributed by atoms with Crippen LogP contribution in [-0.4, -0.2) is 83.5 Å². The summed E-state index contributed by atoms with van der Waals surface area (Å²) in [5.41, 5.74) is 1.06. The third kappa shape index (κ3) is 8.26. The second-order valence-electron chi connectivity index (χ2n) is 9.00. The summed E-state index contributed by atoms with van der Waals surface area (Å²) in [6, 6.07) is 3.41. The molecule has 36 heavy (non-hydrogen) atoms. The molecule has 0 aliphatic carbocycles. The molecular formula is C25H35N5O6. The highest BCUT2D eigenvalue weighted by molar-refractivity contribution is 5.95. The fourth-order valence-corrected chi connectivity index (χ4v) is 4.00.